The van der Waals surface area contributed by atoms with Crippen molar-refractivity contribution in [2.24, 2.45) is 0 Å². The number of carbonyl (C=O) groups is 1. The normalized spacial score (nSPS) is 26.4. The number of likely N-dealkylation sites (tertiary alicyclic amines) is 1. The molecule has 0 unspecified atom stereocenters. The number of aromatic nitrogens is 1. The Morgan fingerprint density at radius 3 is 2.64 bits per heavy atom. The van der Waals surface area contributed by atoms with Crippen LogP contribution in [0.5, 0.6) is 0 Å². The zero-order valence-electron chi connectivity index (χ0n) is 23.7. The average molecular weight is 537 g/mol. The Labute approximate surface area is 232 Å². The summed E-state index contributed by atoms with van der Waals surface area (Å²) >= 11 is 0. The largest absolute Gasteiger partial charge is 0.379 e. The molecular weight excluding hydrogens is 492 g/mol. The summed E-state index contributed by atoms with van der Waals surface area (Å²) in [5.74, 6) is 0.856. The molecule has 212 valence electrons. The molecule has 5 rings (SSSR count). The standard InChI is InChI=1S/C31H44N4O4/c1-21-7-9-23(10-8-21)28-6-4-5-25(39-28)19-33-30-22(2)26(11-15-32-30)31(36)35-16-12-24(13-17-35)34-27-14-18-38-20-29(27)37-3/h7-11,15,24-25,27-29,34H,4-6,12-14,16-20H2,1-3H3,(H,32,33)/t25-,27+,28+,29-/m1/s1. The zero-order chi connectivity index (χ0) is 27.2. The number of nitrogens with zero attached hydrogens (tertiary/aromatic N) is 2. The molecule has 3 aliphatic heterocycles. The van der Waals surface area contributed by atoms with Crippen molar-refractivity contribution in [1.29, 1.82) is 0 Å². The second-order valence-electron chi connectivity index (χ2n) is 11.3. The molecule has 3 saturated heterocycles. The van der Waals surface area contributed by atoms with Gasteiger partial charge in [0.15, 0.2) is 0 Å². The summed E-state index contributed by atoms with van der Waals surface area (Å²) < 4.78 is 17.6. The molecule has 1 aromatic carbocycles. The molecule has 3 aliphatic rings. The van der Waals surface area contributed by atoms with E-state index in [-0.39, 0.29) is 24.2 Å². The monoisotopic (exact) mass is 536 g/mol. The van der Waals surface area contributed by atoms with Gasteiger partial charge in [0.05, 0.1) is 24.9 Å². The molecule has 0 aliphatic carbocycles. The summed E-state index contributed by atoms with van der Waals surface area (Å²) in [5, 5.41) is 7.25. The molecule has 4 heterocycles. The number of nitrogens with one attached hydrogen (secondary N) is 2. The number of aryl methyl sites for hydroxylation is 1. The van der Waals surface area contributed by atoms with Crippen LogP contribution >= 0.6 is 0 Å². The Kier molecular flexibility index (Phi) is 9.50. The van der Waals surface area contributed by atoms with Crippen molar-refractivity contribution in [3.63, 3.8) is 0 Å². The number of piperidine rings is 1. The highest BCUT2D eigenvalue weighted by Gasteiger charge is 2.31. The van der Waals surface area contributed by atoms with E-state index in [1.54, 1.807) is 13.3 Å². The quantitative estimate of drug-likeness (QED) is 0.517. The van der Waals surface area contributed by atoms with Gasteiger partial charge in [-0.25, -0.2) is 4.98 Å². The molecule has 2 N–H and O–H groups in total. The Balaban J connectivity index is 1.13. The van der Waals surface area contributed by atoms with Crippen molar-refractivity contribution >= 4 is 11.7 Å². The van der Waals surface area contributed by atoms with Crippen LogP contribution in [0, 0.1) is 13.8 Å². The Hall–Kier alpha value is -2.52. The predicted molar refractivity (Wildman–Crippen MR) is 152 cm³/mol. The number of pyridine rings is 1. The number of ether oxygens (including phenoxy) is 3. The molecule has 39 heavy (non-hydrogen) atoms. The van der Waals surface area contributed by atoms with Crippen molar-refractivity contribution in [1.82, 2.24) is 15.2 Å². The van der Waals surface area contributed by atoms with E-state index in [1.807, 2.05) is 17.9 Å². The molecule has 8 heteroatoms. The van der Waals surface area contributed by atoms with E-state index in [4.69, 9.17) is 14.2 Å². The molecular formula is C31H44N4O4. The fraction of sp³-hybridized carbons (Fsp3) is 0.613. The minimum atomic E-state index is 0.0885. The number of hydrogen-bond acceptors (Lipinski definition) is 7. The molecule has 0 radical (unpaired) electrons. The number of anilines is 1. The predicted octanol–water partition coefficient (Wildman–Crippen LogP) is 4.42. The third-order valence-corrected chi connectivity index (χ3v) is 8.57. The highest BCUT2D eigenvalue weighted by Crippen LogP contribution is 2.32. The van der Waals surface area contributed by atoms with Gasteiger partial charge in [0, 0.05) is 62.8 Å². The second-order valence-corrected chi connectivity index (χ2v) is 11.3. The maximum absolute atomic E-state index is 13.5. The van der Waals surface area contributed by atoms with Gasteiger partial charge in [-0.1, -0.05) is 29.8 Å². The number of carbonyl (C=O) groups excluding carboxylic acids is 1. The van der Waals surface area contributed by atoms with E-state index in [9.17, 15) is 4.79 Å². The van der Waals surface area contributed by atoms with Gasteiger partial charge in [-0.15, -0.1) is 0 Å². The third kappa shape index (κ3) is 6.98. The minimum Gasteiger partial charge on any atom is -0.379 e. The fourth-order valence-corrected chi connectivity index (χ4v) is 6.09. The molecule has 3 fully saturated rings. The van der Waals surface area contributed by atoms with Crippen molar-refractivity contribution in [3.05, 3.63) is 58.8 Å². The van der Waals surface area contributed by atoms with E-state index >= 15 is 0 Å². The second kappa shape index (κ2) is 13.2. The van der Waals surface area contributed by atoms with Crippen LogP contribution in [-0.4, -0.2) is 80.0 Å². The van der Waals surface area contributed by atoms with Gasteiger partial charge < -0.3 is 29.7 Å². The highest BCUT2D eigenvalue weighted by molar-refractivity contribution is 5.96. The van der Waals surface area contributed by atoms with E-state index in [1.165, 1.54) is 11.1 Å². The lowest BCUT2D eigenvalue weighted by Crippen LogP contribution is -2.54. The Morgan fingerprint density at radius 1 is 1.08 bits per heavy atom. The van der Waals surface area contributed by atoms with E-state index < -0.39 is 0 Å². The molecule has 0 saturated carbocycles. The van der Waals surface area contributed by atoms with Gasteiger partial charge in [0.2, 0.25) is 0 Å². The SMILES string of the molecule is CO[C@@H]1COCC[C@@H]1NC1CCN(C(=O)c2ccnc(NC[C@H]3CCC[C@@H](c4ccc(C)cc4)O3)c2C)CC1. The van der Waals surface area contributed by atoms with Crippen molar-refractivity contribution in [3.8, 4) is 0 Å². The lowest BCUT2D eigenvalue weighted by molar-refractivity contribution is -0.0533. The summed E-state index contributed by atoms with van der Waals surface area (Å²) in [6.07, 6.45) is 8.14. The van der Waals surface area contributed by atoms with Crippen molar-refractivity contribution < 1.29 is 19.0 Å². The van der Waals surface area contributed by atoms with Gasteiger partial charge in [-0.2, -0.15) is 0 Å². The van der Waals surface area contributed by atoms with Crippen LogP contribution in [0.15, 0.2) is 36.5 Å². The Bertz CT molecular complexity index is 1090. The van der Waals surface area contributed by atoms with E-state index in [2.05, 4.69) is 46.8 Å². The Morgan fingerprint density at radius 2 is 1.87 bits per heavy atom. The van der Waals surface area contributed by atoms with Gasteiger partial charge in [0.1, 0.15) is 5.82 Å². The van der Waals surface area contributed by atoms with Gasteiger partial charge in [0.25, 0.3) is 5.91 Å². The van der Waals surface area contributed by atoms with Gasteiger partial charge >= 0.3 is 0 Å². The number of benzene rings is 1. The van der Waals surface area contributed by atoms with E-state index in [0.717, 1.165) is 75.2 Å². The van der Waals surface area contributed by atoms with Crippen LogP contribution in [-0.2, 0) is 14.2 Å². The minimum absolute atomic E-state index is 0.0885. The van der Waals surface area contributed by atoms with Crippen LogP contribution in [0.3, 0.4) is 0 Å². The number of methoxy groups -OCH3 is 1. The number of hydrogen-bond donors (Lipinski definition) is 2. The molecule has 8 nitrogen and oxygen atoms in total. The molecule has 0 bridgehead atoms. The van der Waals surface area contributed by atoms with Crippen molar-refractivity contribution in [2.75, 3.05) is 45.3 Å². The first-order valence-electron chi connectivity index (χ1n) is 14.6. The maximum Gasteiger partial charge on any atom is 0.254 e. The van der Waals surface area contributed by atoms with Crippen LogP contribution in [0.4, 0.5) is 5.82 Å². The van der Waals surface area contributed by atoms with E-state index in [0.29, 0.717) is 25.2 Å². The molecule has 0 spiro atoms. The first-order chi connectivity index (χ1) is 19.0. The van der Waals surface area contributed by atoms with Gasteiger partial charge in [-0.3, -0.25) is 4.79 Å². The third-order valence-electron chi connectivity index (χ3n) is 8.57. The lowest BCUT2D eigenvalue weighted by atomic mass is 9.97. The molecule has 4 atom stereocenters. The number of amides is 1. The molecule has 1 amide bonds. The zero-order valence-corrected chi connectivity index (χ0v) is 23.7. The summed E-state index contributed by atoms with van der Waals surface area (Å²) in [6.45, 7) is 7.69. The summed E-state index contributed by atoms with van der Waals surface area (Å²) in [5.41, 5.74) is 4.14. The smallest absolute Gasteiger partial charge is 0.254 e. The summed E-state index contributed by atoms with van der Waals surface area (Å²) in [7, 11) is 1.75. The topological polar surface area (TPSA) is 85.0 Å². The first-order valence-corrected chi connectivity index (χ1v) is 14.6. The fourth-order valence-electron chi connectivity index (χ4n) is 6.09. The summed E-state index contributed by atoms with van der Waals surface area (Å²) in [6, 6.07) is 11.2. The summed E-state index contributed by atoms with van der Waals surface area (Å²) in [4.78, 5) is 20.0. The average Bonchev–Trinajstić information content (AvgIpc) is 2.97. The highest BCUT2D eigenvalue weighted by atomic mass is 16.5. The van der Waals surface area contributed by atoms with Crippen LogP contribution in [0.25, 0.3) is 0 Å². The van der Waals surface area contributed by atoms with Crippen LogP contribution < -0.4 is 10.6 Å². The van der Waals surface area contributed by atoms with Crippen molar-refractivity contribution in [2.45, 2.75) is 82.8 Å². The maximum atomic E-state index is 13.5. The lowest BCUT2D eigenvalue weighted by Gasteiger charge is -2.38. The van der Waals surface area contributed by atoms with Crippen LogP contribution in [0.1, 0.15) is 71.7 Å². The molecule has 1 aromatic heterocycles. The van der Waals surface area contributed by atoms with Gasteiger partial charge in [-0.05, 0) is 64.0 Å². The molecule has 2 aromatic rings. The number of rotatable bonds is 8. The first kappa shape index (κ1) is 28.0. The van der Waals surface area contributed by atoms with Crippen LogP contribution in [0.2, 0.25) is 0 Å².